The molecule has 0 spiro atoms. The van der Waals surface area contributed by atoms with E-state index >= 15 is 0 Å². The van der Waals surface area contributed by atoms with Gasteiger partial charge in [-0.3, -0.25) is 19.4 Å². The van der Waals surface area contributed by atoms with Gasteiger partial charge in [0.1, 0.15) is 0 Å². The van der Waals surface area contributed by atoms with Crippen molar-refractivity contribution in [1.29, 1.82) is 0 Å². The summed E-state index contributed by atoms with van der Waals surface area (Å²) in [4.78, 5) is 28.1. The third kappa shape index (κ3) is 2.77. The standard InChI is InChI=1S/C15H19N3O3/c16-11-2-3-12-13(10-11)15(20)18(14(12)19)5-1-4-17-6-8-21-9-7-17/h2-3,10H,1,4-9,16H2. The molecule has 0 atom stereocenters. The number of nitrogens with zero attached hydrogens (tertiary/aromatic N) is 2. The highest BCUT2D eigenvalue weighted by molar-refractivity contribution is 6.21. The van der Waals surface area contributed by atoms with Crippen molar-refractivity contribution in [3.05, 3.63) is 29.3 Å². The second-order valence-corrected chi connectivity index (χ2v) is 5.37. The third-order valence-corrected chi connectivity index (χ3v) is 3.95. The van der Waals surface area contributed by atoms with Gasteiger partial charge in [0.15, 0.2) is 0 Å². The van der Waals surface area contributed by atoms with Crippen LogP contribution in [0.25, 0.3) is 0 Å². The molecule has 3 rings (SSSR count). The number of ether oxygens (including phenoxy) is 1. The summed E-state index contributed by atoms with van der Waals surface area (Å²) in [7, 11) is 0. The van der Waals surface area contributed by atoms with Crippen LogP contribution in [0.5, 0.6) is 0 Å². The summed E-state index contributed by atoms with van der Waals surface area (Å²) in [5.41, 5.74) is 7.07. The summed E-state index contributed by atoms with van der Waals surface area (Å²) >= 11 is 0. The molecule has 2 aliphatic heterocycles. The van der Waals surface area contributed by atoms with Crippen LogP contribution in [0.4, 0.5) is 5.69 Å². The lowest BCUT2D eigenvalue weighted by atomic mass is 10.1. The van der Waals surface area contributed by atoms with E-state index in [-0.39, 0.29) is 11.8 Å². The van der Waals surface area contributed by atoms with Gasteiger partial charge in [0.05, 0.1) is 24.3 Å². The van der Waals surface area contributed by atoms with Crippen LogP contribution in [-0.2, 0) is 4.74 Å². The van der Waals surface area contributed by atoms with E-state index in [4.69, 9.17) is 10.5 Å². The molecule has 1 aromatic rings. The van der Waals surface area contributed by atoms with Crippen LogP contribution in [0.15, 0.2) is 18.2 Å². The highest BCUT2D eigenvalue weighted by Gasteiger charge is 2.35. The molecule has 1 fully saturated rings. The van der Waals surface area contributed by atoms with Gasteiger partial charge in [0, 0.05) is 31.9 Å². The number of benzene rings is 1. The van der Waals surface area contributed by atoms with E-state index in [0.29, 0.717) is 23.4 Å². The van der Waals surface area contributed by atoms with Gasteiger partial charge in [0.2, 0.25) is 0 Å². The lowest BCUT2D eigenvalue weighted by Gasteiger charge is -2.27. The molecule has 2 heterocycles. The van der Waals surface area contributed by atoms with Crippen molar-refractivity contribution in [3.63, 3.8) is 0 Å². The molecule has 0 saturated carbocycles. The second-order valence-electron chi connectivity index (χ2n) is 5.37. The molecule has 2 aliphatic rings. The van der Waals surface area contributed by atoms with E-state index in [9.17, 15) is 9.59 Å². The van der Waals surface area contributed by atoms with Crippen molar-refractivity contribution in [3.8, 4) is 0 Å². The number of nitrogens with two attached hydrogens (primary N) is 1. The van der Waals surface area contributed by atoms with Crippen LogP contribution in [0.1, 0.15) is 27.1 Å². The largest absolute Gasteiger partial charge is 0.399 e. The molecule has 2 amide bonds. The Hall–Kier alpha value is -1.92. The number of amides is 2. The highest BCUT2D eigenvalue weighted by Crippen LogP contribution is 2.24. The number of rotatable bonds is 4. The van der Waals surface area contributed by atoms with Crippen molar-refractivity contribution in [1.82, 2.24) is 9.80 Å². The number of anilines is 1. The molecule has 2 N–H and O–H groups in total. The second kappa shape index (κ2) is 5.83. The van der Waals surface area contributed by atoms with Gasteiger partial charge < -0.3 is 10.5 Å². The molecule has 0 aromatic heterocycles. The fourth-order valence-corrected chi connectivity index (χ4v) is 2.79. The predicted molar refractivity (Wildman–Crippen MR) is 78.1 cm³/mol. The van der Waals surface area contributed by atoms with Gasteiger partial charge in [-0.15, -0.1) is 0 Å². The minimum Gasteiger partial charge on any atom is -0.399 e. The molecule has 112 valence electrons. The monoisotopic (exact) mass is 289 g/mol. The molecule has 0 bridgehead atoms. The number of fused-ring (bicyclic) bond motifs is 1. The quantitative estimate of drug-likeness (QED) is 0.648. The Balaban J connectivity index is 1.59. The molecular formula is C15H19N3O3. The molecule has 1 saturated heterocycles. The normalized spacial score (nSPS) is 19.1. The molecule has 6 nitrogen and oxygen atoms in total. The number of carbonyl (C=O) groups excluding carboxylic acids is 2. The zero-order valence-electron chi connectivity index (χ0n) is 11.9. The number of hydrogen-bond donors (Lipinski definition) is 1. The Bertz CT molecular complexity index is 567. The lowest BCUT2D eigenvalue weighted by Crippen LogP contribution is -2.39. The van der Waals surface area contributed by atoms with E-state index in [1.807, 2.05) is 0 Å². The number of imide groups is 1. The van der Waals surface area contributed by atoms with Crippen LogP contribution in [0, 0.1) is 0 Å². The van der Waals surface area contributed by atoms with Crippen molar-refractivity contribution in [2.24, 2.45) is 0 Å². The first kappa shape index (κ1) is 14.0. The zero-order valence-corrected chi connectivity index (χ0v) is 11.9. The van der Waals surface area contributed by atoms with Crippen LogP contribution >= 0.6 is 0 Å². The number of morpholine rings is 1. The Morgan fingerprint density at radius 2 is 1.76 bits per heavy atom. The van der Waals surface area contributed by atoms with Crippen LogP contribution in [-0.4, -0.2) is 61.0 Å². The van der Waals surface area contributed by atoms with Crippen molar-refractivity contribution in [2.75, 3.05) is 45.1 Å². The van der Waals surface area contributed by atoms with Crippen LogP contribution in [0.2, 0.25) is 0 Å². The molecular weight excluding hydrogens is 270 g/mol. The van der Waals surface area contributed by atoms with Gasteiger partial charge >= 0.3 is 0 Å². The molecule has 1 aromatic carbocycles. The Morgan fingerprint density at radius 3 is 2.52 bits per heavy atom. The van der Waals surface area contributed by atoms with E-state index < -0.39 is 0 Å². The molecule has 0 radical (unpaired) electrons. The first-order chi connectivity index (χ1) is 10.2. The predicted octanol–water partition coefficient (Wildman–Crippen LogP) is 0.587. The van der Waals surface area contributed by atoms with Gasteiger partial charge in [-0.05, 0) is 24.6 Å². The summed E-state index contributed by atoms with van der Waals surface area (Å²) in [5.74, 6) is -0.443. The van der Waals surface area contributed by atoms with Crippen molar-refractivity contribution in [2.45, 2.75) is 6.42 Å². The van der Waals surface area contributed by atoms with Gasteiger partial charge in [0.25, 0.3) is 11.8 Å². The zero-order chi connectivity index (χ0) is 14.8. The average Bonchev–Trinajstić information content (AvgIpc) is 2.73. The minimum absolute atomic E-state index is 0.211. The first-order valence-electron chi connectivity index (χ1n) is 7.22. The Kier molecular flexibility index (Phi) is 3.90. The fourth-order valence-electron chi connectivity index (χ4n) is 2.79. The Morgan fingerprint density at radius 1 is 1.05 bits per heavy atom. The SMILES string of the molecule is Nc1ccc2c(c1)C(=O)N(CCCN1CCOCC1)C2=O. The molecule has 0 aliphatic carbocycles. The summed E-state index contributed by atoms with van der Waals surface area (Å²) in [5, 5.41) is 0. The smallest absolute Gasteiger partial charge is 0.261 e. The highest BCUT2D eigenvalue weighted by atomic mass is 16.5. The van der Waals surface area contributed by atoms with E-state index in [2.05, 4.69) is 4.90 Å². The number of nitrogen functional groups attached to an aromatic ring is 1. The summed E-state index contributed by atoms with van der Waals surface area (Å²) < 4.78 is 5.29. The molecule has 0 unspecified atom stereocenters. The average molecular weight is 289 g/mol. The summed E-state index contributed by atoms with van der Waals surface area (Å²) in [6.45, 7) is 4.67. The first-order valence-corrected chi connectivity index (χ1v) is 7.22. The Labute approximate surface area is 123 Å². The van der Waals surface area contributed by atoms with E-state index in [1.165, 1.54) is 4.90 Å². The van der Waals surface area contributed by atoms with Crippen molar-refractivity contribution >= 4 is 17.5 Å². The topological polar surface area (TPSA) is 75.9 Å². The number of hydrogen-bond acceptors (Lipinski definition) is 5. The van der Waals surface area contributed by atoms with Crippen molar-refractivity contribution < 1.29 is 14.3 Å². The number of carbonyl (C=O) groups is 2. The van der Waals surface area contributed by atoms with E-state index in [1.54, 1.807) is 18.2 Å². The summed E-state index contributed by atoms with van der Waals surface area (Å²) in [6.07, 6.45) is 0.779. The molecule has 6 heteroatoms. The molecule has 21 heavy (non-hydrogen) atoms. The minimum atomic E-state index is -0.232. The summed E-state index contributed by atoms with van der Waals surface area (Å²) in [6, 6.07) is 4.87. The van der Waals surface area contributed by atoms with Gasteiger partial charge in [-0.1, -0.05) is 0 Å². The maximum absolute atomic E-state index is 12.3. The van der Waals surface area contributed by atoms with Gasteiger partial charge in [-0.2, -0.15) is 0 Å². The van der Waals surface area contributed by atoms with Gasteiger partial charge in [-0.25, -0.2) is 0 Å². The fraction of sp³-hybridized carbons (Fsp3) is 0.467. The lowest BCUT2D eigenvalue weighted by molar-refractivity contribution is 0.0355. The third-order valence-electron chi connectivity index (χ3n) is 3.95. The van der Waals surface area contributed by atoms with Crippen LogP contribution in [0.3, 0.4) is 0 Å². The van der Waals surface area contributed by atoms with Crippen LogP contribution < -0.4 is 5.73 Å². The maximum Gasteiger partial charge on any atom is 0.261 e. The maximum atomic E-state index is 12.3. The van der Waals surface area contributed by atoms with E-state index in [0.717, 1.165) is 39.3 Å².